The smallest absolute Gasteiger partial charge is 0.274 e. The summed E-state index contributed by atoms with van der Waals surface area (Å²) in [6.07, 6.45) is 9.53. The molecule has 2 fully saturated rings. The van der Waals surface area contributed by atoms with Crippen molar-refractivity contribution in [3.63, 3.8) is 0 Å². The summed E-state index contributed by atoms with van der Waals surface area (Å²) in [6, 6.07) is 5.32. The van der Waals surface area contributed by atoms with E-state index >= 15 is 0 Å². The van der Waals surface area contributed by atoms with Crippen LogP contribution in [0.15, 0.2) is 46.4 Å². The second kappa shape index (κ2) is 7.76. The number of aromatic nitrogens is 4. The lowest BCUT2D eigenvalue weighted by atomic mass is 9.91. The molecule has 1 aliphatic carbocycles. The highest BCUT2D eigenvalue weighted by atomic mass is 32.2. The number of pyridine rings is 1. The van der Waals surface area contributed by atoms with E-state index in [-0.39, 0.29) is 0 Å². The molecule has 1 saturated carbocycles. The lowest BCUT2D eigenvalue weighted by Gasteiger charge is -2.31. The standard InChI is InChI=1S/C21H25N5O4S/c27-20-6-9-25(21(28)23-20)19-13-22-26-10-5-17(12-18(19)26)11-15-3-7-24(8-4-15)31(29,30)14-16-1-2-16/h5-6,9-10,12-13,15-16H,1-4,7-8,11,14H2,(H,23,27,28). The summed E-state index contributed by atoms with van der Waals surface area (Å²) in [5.41, 5.74) is 1.54. The van der Waals surface area contributed by atoms with Gasteiger partial charge in [0.2, 0.25) is 10.0 Å². The van der Waals surface area contributed by atoms with Crippen LogP contribution in [0.3, 0.4) is 0 Å². The van der Waals surface area contributed by atoms with Crippen molar-refractivity contribution in [3.05, 3.63) is 63.2 Å². The molecule has 3 aromatic rings. The van der Waals surface area contributed by atoms with E-state index < -0.39 is 21.3 Å². The first-order valence-corrected chi connectivity index (χ1v) is 12.3. The van der Waals surface area contributed by atoms with Gasteiger partial charge in [0.25, 0.3) is 5.56 Å². The van der Waals surface area contributed by atoms with Crippen molar-refractivity contribution >= 4 is 15.5 Å². The maximum absolute atomic E-state index is 12.5. The first-order chi connectivity index (χ1) is 14.9. The summed E-state index contributed by atoms with van der Waals surface area (Å²) < 4.78 is 29.7. The minimum atomic E-state index is -3.12. The third kappa shape index (κ3) is 4.22. The fraction of sp³-hybridized carbons (Fsp3) is 0.476. The highest BCUT2D eigenvalue weighted by Gasteiger charge is 2.34. The van der Waals surface area contributed by atoms with Crippen LogP contribution in [0, 0.1) is 11.8 Å². The van der Waals surface area contributed by atoms with Crippen molar-refractivity contribution in [2.24, 2.45) is 11.8 Å². The molecule has 4 heterocycles. The van der Waals surface area contributed by atoms with Gasteiger partial charge in [-0.3, -0.25) is 14.3 Å². The SMILES string of the molecule is O=c1ccn(-c2cnn3ccc(CC4CCN(S(=O)(=O)CC5CC5)CC4)cc23)c(=O)[nH]1. The predicted octanol–water partition coefficient (Wildman–Crippen LogP) is 1.17. The summed E-state index contributed by atoms with van der Waals surface area (Å²) in [5.74, 6) is 1.09. The van der Waals surface area contributed by atoms with Crippen LogP contribution in [0.2, 0.25) is 0 Å². The van der Waals surface area contributed by atoms with Crippen molar-refractivity contribution in [2.75, 3.05) is 18.8 Å². The van der Waals surface area contributed by atoms with Gasteiger partial charge in [0.1, 0.15) is 0 Å². The molecule has 2 aliphatic rings. The van der Waals surface area contributed by atoms with E-state index in [2.05, 4.69) is 10.1 Å². The molecule has 1 aliphatic heterocycles. The molecular weight excluding hydrogens is 418 g/mol. The van der Waals surface area contributed by atoms with Gasteiger partial charge in [-0.05, 0) is 61.6 Å². The second-order valence-electron chi connectivity index (χ2n) is 8.64. The number of nitrogens with one attached hydrogen (secondary N) is 1. The van der Waals surface area contributed by atoms with Crippen LogP contribution >= 0.6 is 0 Å². The van der Waals surface area contributed by atoms with Gasteiger partial charge in [0, 0.05) is 31.5 Å². The molecule has 10 heteroatoms. The molecule has 1 N–H and O–H groups in total. The topological polar surface area (TPSA) is 110 Å². The number of fused-ring (bicyclic) bond motifs is 1. The Morgan fingerprint density at radius 2 is 1.81 bits per heavy atom. The molecule has 164 valence electrons. The van der Waals surface area contributed by atoms with Crippen molar-refractivity contribution in [2.45, 2.75) is 32.1 Å². The summed E-state index contributed by atoms with van der Waals surface area (Å²) in [5, 5.41) is 4.30. The third-order valence-electron chi connectivity index (χ3n) is 6.28. The van der Waals surface area contributed by atoms with Crippen molar-refractivity contribution in [1.29, 1.82) is 0 Å². The summed E-state index contributed by atoms with van der Waals surface area (Å²) in [4.78, 5) is 25.8. The molecule has 0 aromatic carbocycles. The third-order valence-corrected chi connectivity index (χ3v) is 8.33. The maximum atomic E-state index is 12.5. The number of sulfonamides is 1. The van der Waals surface area contributed by atoms with Gasteiger partial charge >= 0.3 is 5.69 Å². The van der Waals surface area contributed by atoms with E-state index in [1.165, 1.54) is 16.8 Å². The van der Waals surface area contributed by atoms with Crippen molar-refractivity contribution < 1.29 is 8.42 Å². The van der Waals surface area contributed by atoms with Gasteiger partial charge in [0.15, 0.2) is 0 Å². The van der Waals surface area contributed by atoms with Gasteiger partial charge in [-0.2, -0.15) is 5.10 Å². The van der Waals surface area contributed by atoms with Crippen LogP contribution in [0.25, 0.3) is 11.2 Å². The molecule has 0 spiro atoms. The van der Waals surface area contributed by atoms with Gasteiger partial charge in [-0.25, -0.2) is 22.0 Å². The number of nitrogens with zero attached hydrogens (tertiary/aromatic N) is 4. The quantitative estimate of drug-likeness (QED) is 0.615. The first-order valence-electron chi connectivity index (χ1n) is 10.7. The minimum Gasteiger partial charge on any atom is -0.274 e. The Hall–Kier alpha value is -2.72. The number of H-pyrrole nitrogens is 1. The Morgan fingerprint density at radius 3 is 2.52 bits per heavy atom. The van der Waals surface area contributed by atoms with Crippen molar-refractivity contribution in [3.8, 4) is 5.69 Å². The van der Waals surface area contributed by atoms with Gasteiger partial charge in [-0.1, -0.05) is 0 Å². The average Bonchev–Trinajstić information content (AvgIpc) is 3.44. The Kier molecular flexibility index (Phi) is 5.05. The summed E-state index contributed by atoms with van der Waals surface area (Å²) in [7, 11) is -3.12. The number of hydrogen-bond acceptors (Lipinski definition) is 5. The van der Waals surface area contributed by atoms with E-state index in [0.29, 0.717) is 36.4 Å². The molecule has 0 unspecified atom stereocenters. The lowest BCUT2D eigenvalue weighted by molar-refractivity contribution is 0.272. The highest BCUT2D eigenvalue weighted by Crippen LogP contribution is 2.32. The Bertz CT molecular complexity index is 1330. The fourth-order valence-electron chi connectivity index (χ4n) is 4.34. The Labute approximate surface area is 179 Å². The number of rotatable bonds is 6. The monoisotopic (exact) mass is 443 g/mol. The number of piperidine rings is 1. The Balaban J connectivity index is 1.31. The zero-order chi connectivity index (χ0) is 21.6. The predicted molar refractivity (Wildman–Crippen MR) is 116 cm³/mol. The van der Waals surface area contributed by atoms with E-state index in [9.17, 15) is 18.0 Å². The van der Waals surface area contributed by atoms with E-state index in [0.717, 1.165) is 43.2 Å². The molecule has 31 heavy (non-hydrogen) atoms. The molecule has 3 aromatic heterocycles. The van der Waals surface area contributed by atoms with E-state index in [4.69, 9.17) is 0 Å². The average molecular weight is 444 g/mol. The molecular formula is C21H25N5O4S. The van der Waals surface area contributed by atoms with Gasteiger partial charge < -0.3 is 0 Å². The zero-order valence-electron chi connectivity index (χ0n) is 17.1. The maximum Gasteiger partial charge on any atom is 0.333 e. The largest absolute Gasteiger partial charge is 0.333 e. The molecule has 9 nitrogen and oxygen atoms in total. The van der Waals surface area contributed by atoms with Crippen molar-refractivity contribution in [1.82, 2.24) is 23.5 Å². The molecule has 0 amide bonds. The fourth-order valence-corrected chi connectivity index (χ4v) is 6.25. The number of hydrogen-bond donors (Lipinski definition) is 1. The van der Waals surface area contributed by atoms with Gasteiger partial charge in [0.05, 0.1) is 23.2 Å². The Morgan fingerprint density at radius 1 is 1.03 bits per heavy atom. The van der Waals surface area contributed by atoms with E-state index in [1.54, 1.807) is 15.0 Å². The van der Waals surface area contributed by atoms with Crippen LogP contribution in [0.4, 0.5) is 0 Å². The number of aromatic amines is 1. The molecule has 5 rings (SSSR count). The van der Waals surface area contributed by atoms with Crippen LogP contribution in [0.5, 0.6) is 0 Å². The molecule has 0 radical (unpaired) electrons. The summed E-state index contributed by atoms with van der Waals surface area (Å²) >= 11 is 0. The minimum absolute atomic E-state index is 0.308. The van der Waals surface area contributed by atoms with Crippen LogP contribution in [-0.4, -0.2) is 50.7 Å². The van der Waals surface area contributed by atoms with Crippen LogP contribution in [0.1, 0.15) is 31.2 Å². The molecule has 1 saturated heterocycles. The lowest BCUT2D eigenvalue weighted by Crippen LogP contribution is -2.40. The normalized spacial score (nSPS) is 18.6. The van der Waals surface area contributed by atoms with Crippen LogP contribution in [-0.2, 0) is 16.4 Å². The highest BCUT2D eigenvalue weighted by molar-refractivity contribution is 7.89. The van der Waals surface area contributed by atoms with E-state index in [1.807, 2.05) is 18.3 Å². The van der Waals surface area contributed by atoms with Gasteiger partial charge in [-0.15, -0.1) is 0 Å². The summed E-state index contributed by atoms with van der Waals surface area (Å²) in [6.45, 7) is 1.18. The molecule has 0 atom stereocenters. The first kappa shape index (κ1) is 20.2. The second-order valence-corrected chi connectivity index (χ2v) is 10.7. The van der Waals surface area contributed by atoms with Crippen LogP contribution < -0.4 is 11.2 Å². The molecule has 0 bridgehead atoms. The zero-order valence-corrected chi connectivity index (χ0v) is 17.9.